The molecule has 1 N–H and O–H groups in total. The maximum absolute atomic E-state index is 12.9. The van der Waals surface area contributed by atoms with Crippen molar-refractivity contribution in [3.8, 4) is 0 Å². The number of pyridine rings is 1. The zero-order valence-electron chi connectivity index (χ0n) is 15.9. The number of benzene rings is 1. The molecule has 1 saturated heterocycles. The maximum Gasteiger partial charge on any atom is 0.325 e. The summed E-state index contributed by atoms with van der Waals surface area (Å²) >= 11 is 5.76. The Morgan fingerprint density at radius 3 is 2.50 bits per heavy atom. The quantitative estimate of drug-likeness (QED) is 0.617. The Bertz CT molecular complexity index is 914. The highest BCUT2D eigenvalue weighted by Crippen LogP contribution is 2.29. The molecule has 0 bridgehead atoms. The van der Waals surface area contributed by atoms with Gasteiger partial charge >= 0.3 is 6.03 Å². The first kappa shape index (κ1) is 19.8. The van der Waals surface area contributed by atoms with Crippen LogP contribution < -0.4 is 5.32 Å². The number of rotatable bonds is 5. The fourth-order valence-electron chi connectivity index (χ4n) is 3.04. The van der Waals surface area contributed by atoms with E-state index in [2.05, 4.69) is 10.3 Å². The van der Waals surface area contributed by atoms with Crippen LogP contribution in [0.4, 0.5) is 4.79 Å². The van der Waals surface area contributed by atoms with Crippen LogP contribution in [0, 0.1) is 6.92 Å². The summed E-state index contributed by atoms with van der Waals surface area (Å²) in [6, 6.07) is 10.2. The number of amides is 4. The summed E-state index contributed by atoms with van der Waals surface area (Å²) in [5.74, 6) is -0.803. The third-order valence-corrected chi connectivity index (χ3v) is 5.05. The predicted octanol–water partition coefficient (Wildman–Crippen LogP) is 2.47. The van der Waals surface area contributed by atoms with Crippen molar-refractivity contribution in [2.45, 2.75) is 25.9 Å². The second-order valence-electron chi connectivity index (χ2n) is 7.05. The molecule has 1 fully saturated rings. The summed E-state index contributed by atoms with van der Waals surface area (Å²) in [5.41, 5.74) is 1.33. The lowest BCUT2D eigenvalue weighted by Gasteiger charge is -2.23. The fraction of sp³-hybridized carbons (Fsp3) is 0.300. The lowest BCUT2D eigenvalue weighted by atomic mass is 9.91. The van der Waals surface area contributed by atoms with Crippen molar-refractivity contribution in [2.75, 3.05) is 13.6 Å². The van der Waals surface area contributed by atoms with Crippen molar-refractivity contribution in [2.24, 2.45) is 0 Å². The highest BCUT2D eigenvalue weighted by molar-refractivity contribution is 6.29. The molecule has 0 saturated carbocycles. The molecule has 0 radical (unpaired) electrons. The molecule has 1 aromatic heterocycles. The Hall–Kier alpha value is -2.93. The number of hydrogen-bond acceptors (Lipinski definition) is 4. The van der Waals surface area contributed by atoms with E-state index in [0.717, 1.165) is 16.0 Å². The van der Waals surface area contributed by atoms with Crippen molar-refractivity contribution < 1.29 is 14.4 Å². The van der Waals surface area contributed by atoms with E-state index in [1.807, 2.05) is 19.1 Å². The van der Waals surface area contributed by atoms with Gasteiger partial charge in [0.2, 0.25) is 5.91 Å². The molecule has 1 unspecified atom stereocenters. The van der Waals surface area contributed by atoms with Gasteiger partial charge < -0.3 is 10.2 Å². The van der Waals surface area contributed by atoms with E-state index in [1.165, 1.54) is 4.90 Å². The van der Waals surface area contributed by atoms with Gasteiger partial charge in [-0.3, -0.25) is 14.5 Å². The van der Waals surface area contributed by atoms with E-state index in [4.69, 9.17) is 11.6 Å². The van der Waals surface area contributed by atoms with Gasteiger partial charge in [0.1, 0.15) is 17.2 Å². The van der Waals surface area contributed by atoms with Gasteiger partial charge in [0.15, 0.2) is 0 Å². The van der Waals surface area contributed by atoms with Gasteiger partial charge in [-0.25, -0.2) is 9.78 Å². The number of carbonyl (C=O) groups is 3. The molecule has 2 heterocycles. The predicted molar refractivity (Wildman–Crippen MR) is 104 cm³/mol. The Morgan fingerprint density at radius 2 is 1.89 bits per heavy atom. The molecule has 1 atom stereocenters. The number of aromatic nitrogens is 1. The van der Waals surface area contributed by atoms with E-state index in [1.54, 1.807) is 44.4 Å². The highest BCUT2D eigenvalue weighted by atomic mass is 35.5. The molecule has 0 aliphatic carbocycles. The Labute approximate surface area is 168 Å². The highest BCUT2D eigenvalue weighted by Gasteiger charge is 2.49. The summed E-state index contributed by atoms with van der Waals surface area (Å²) in [6.45, 7) is 3.55. The number of aryl methyl sites for hydroxylation is 1. The van der Waals surface area contributed by atoms with Crippen LogP contribution >= 0.6 is 11.6 Å². The van der Waals surface area contributed by atoms with Crippen molar-refractivity contribution >= 4 is 29.4 Å². The van der Waals surface area contributed by atoms with Gasteiger partial charge in [-0.05, 0) is 31.0 Å². The molecule has 2 aromatic rings. The van der Waals surface area contributed by atoms with Crippen LogP contribution in [0.5, 0.6) is 0 Å². The second kappa shape index (κ2) is 7.59. The third kappa shape index (κ3) is 3.84. The summed E-state index contributed by atoms with van der Waals surface area (Å²) in [6.07, 6.45) is 1.58. The summed E-state index contributed by atoms with van der Waals surface area (Å²) < 4.78 is 0. The maximum atomic E-state index is 12.9. The number of imide groups is 1. The first-order valence-corrected chi connectivity index (χ1v) is 9.14. The number of nitrogens with one attached hydrogen (secondary N) is 1. The van der Waals surface area contributed by atoms with Crippen molar-refractivity contribution in [1.82, 2.24) is 20.1 Å². The van der Waals surface area contributed by atoms with E-state index in [9.17, 15) is 14.4 Å². The number of likely N-dealkylation sites (N-methyl/N-ethyl adjacent to an activating group) is 1. The zero-order valence-corrected chi connectivity index (χ0v) is 16.7. The standard InChI is InChI=1S/C20H21ClN4O3/c1-13-4-7-15(8-5-13)20(2)18(27)25(19(28)23-20)12-17(26)24(3)11-14-6-9-16(21)22-10-14/h4-10H,11-12H2,1-3H3,(H,23,28). The summed E-state index contributed by atoms with van der Waals surface area (Å²) in [5, 5.41) is 3.08. The normalized spacial score (nSPS) is 18.9. The molecule has 7 nitrogen and oxygen atoms in total. The van der Waals surface area contributed by atoms with Crippen molar-refractivity contribution in [3.63, 3.8) is 0 Å². The fourth-order valence-corrected chi connectivity index (χ4v) is 3.15. The average molecular weight is 401 g/mol. The lowest BCUT2D eigenvalue weighted by Crippen LogP contribution is -2.43. The molecule has 28 heavy (non-hydrogen) atoms. The van der Waals surface area contributed by atoms with Crippen LogP contribution in [0.15, 0.2) is 42.6 Å². The summed E-state index contributed by atoms with van der Waals surface area (Å²) in [4.78, 5) is 44.2. The number of hydrogen-bond donors (Lipinski definition) is 1. The smallest absolute Gasteiger partial charge is 0.325 e. The van der Waals surface area contributed by atoms with Gasteiger partial charge in [0, 0.05) is 19.8 Å². The first-order valence-electron chi connectivity index (χ1n) is 8.76. The minimum atomic E-state index is -1.19. The van der Waals surface area contributed by atoms with E-state index in [-0.39, 0.29) is 12.5 Å². The number of halogens is 1. The minimum Gasteiger partial charge on any atom is -0.340 e. The van der Waals surface area contributed by atoms with Gasteiger partial charge in [-0.15, -0.1) is 0 Å². The molecule has 4 amide bonds. The van der Waals surface area contributed by atoms with E-state index >= 15 is 0 Å². The SMILES string of the molecule is Cc1ccc(C2(C)NC(=O)N(CC(=O)N(C)Cc3ccc(Cl)nc3)C2=O)cc1. The topological polar surface area (TPSA) is 82.6 Å². The van der Waals surface area contributed by atoms with Gasteiger partial charge in [-0.2, -0.15) is 0 Å². The first-order chi connectivity index (χ1) is 13.2. The van der Waals surface area contributed by atoms with Crippen LogP contribution in [0.3, 0.4) is 0 Å². The van der Waals surface area contributed by atoms with Gasteiger partial charge in [-0.1, -0.05) is 47.5 Å². The molecule has 1 aliphatic rings. The summed E-state index contributed by atoms with van der Waals surface area (Å²) in [7, 11) is 1.61. The van der Waals surface area contributed by atoms with Gasteiger partial charge in [0.25, 0.3) is 5.91 Å². The number of nitrogens with zero attached hydrogens (tertiary/aromatic N) is 3. The van der Waals surface area contributed by atoms with Crippen LogP contribution in [-0.2, 0) is 21.7 Å². The van der Waals surface area contributed by atoms with Crippen LogP contribution in [0.25, 0.3) is 0 Å². The largest absolute Gasteiger partial charge is 0.340 e. The molecular weight excluding hydrogens is 380 g/mol. The van der Waals surface area contributed by atoms with Crippen molar-refractivity contribution in [3.05, 3.63) is 64.4 Å². The molecule has 1 aromatic carbocycles. The second-order valence-corrected chi connectivity index (χ2v) is 7.44. The molecule has 0 spiro atoms. The van der Waals surface area contributed by atoms with Crippen LogP contribution in [-0.4, -0.2) is 46.2 Å². The monoisotopic (exact) mass is 400 g/mol. The Balaban J connectivity index is 1.70. The molecule has 3 rings (SSSR count). The van der Waals surface area contributed by atoms with Crippen LogP contribution in [0.2, 0.25) is 5.15 Å². The lowest BCUT2D eigenvalue weighted by molar-refractivity contribution is -0.138. The molecule has 1 aliphatic heterocycles. The number of carbonyl (C=O) groups excluding carboxylic acids is 3. The van der Waals surface area contributed by atoms with Crippen LogP contribution in [0.1, 0.15) is 23.6 Å². The Kier molecular flexibility index (Phi) is 5.38. The average Bonchev–Trinajstić information content (AvgIpc) is 2.88. The third-order valence-electron chi connectivity index (χ3n) is 4.83. The minimum absolute atomic E-state index is 0.294. The van der Waals surface area contributed by atoms with Crippen molar-refractivity contribution in [1.29, 1.82) is 0 Å². The molecule has 146 valence electrons. The molecule has 8 heteroatoms. The zero-order chi connectivity index (χ0) is 20.5. The Morgan fingerprint density at radius 1 is 1.21 bits per heavy atom. The molecular formula is C20H21ClN4O3. The van der Waals surface area contributed by atoms with Gasteiger partial charge in [0.05, 0.1) is 0 Å². The van der Waals surface area contributed by atoms with E-state index in [0.29, 0.717) is 17.3 Å². The number of urea groups is 1. The van der Waals surface area contributed by atoms with E-state index < -0.39 is 17.5 Å².